The molecule has 12 rings (SSSR count). The van der Waals surface area contributed by atoms with Gasteiger partial charge in [-0.2, -0.15) is 0 Å². The Balaban J connectivity index is 1.09. The van der Waals surface area contributed by atoms with E-state index < -0.39 is 0 Å². The highest BCUT2D eigenvalue weighted by atomic mass is 15.1. The van der Waals surface area contributed by atoms with E-state index in [9.17, 15) is 0 Å². The van der Waals surface area contributed by atoms with E-state index >= 15 is 0 Å². The lowest BCUT2D eigenvalue weighted by molar-refractivity contribution is 0.660. The third-order valence-electron chi connectivity index (χ3n) is 13.4. The average Bonchev–Trinajstić information content (AvgIpc) is 3.83. The molecule has 0 fully saturated rings. The fraction of sp³-hybridized carbons (Fsp3) is 0.0492. The van der Waals surface area contributed by atoms with Gasteiger partial charge < -0.3 is 9.30 Å². The van der Waals surface area contributed by atoms with Crippen molar-refractivity contribution in [2.24, 2.45) is 0 Å². The molecule has 0 N–H and O–H groups in total. The third-order valence-corrected chi connectivity index (χ3v) is 13.4. The van der Waals surface area contributed by atoms with Crippen molar-refractivity contribution in [1.82, 2.24) is 4.40 Å². The molecule has 0 bridgehead atoms. The molecule has 63 heavy (non-hydrogen) atoms. The Hall–Kier alpha value is -7.94. The summed E-state index contributed by atoms with van der Waals surface area (Å²) in [6.07, 6.45) is 0. The predicted octanol–water partition coefficient (Wildman–Crippen LogP) is 16.7. The van der Waals surface area contributed by atoms with Crippen molar-refractivity contribution in [2.75, 3.05) is 4.90 Å². The van der Waals surface area contributed by atoms with Crippen LogP contribution < -0.4 is 4.90 Å². The average molecular weight is 805 g/mol. The van der Waals surface area contributed by atoms with Crippen LogP contribution in [-0.4, -0.2) is 4.40 Å². The second kappa shape index (κ2) is 14.6. The highest BCUT2D eigenvalue weighted by molar-refractivity contribution is 6.20. The van der Waals surface area contributed by atoms with Crippen LogP contribution in [0, 0.1) is 0 Å². The lowest BCUT2D eigenvalue weighted by Crippen LogP contribution is -2.16. The number of fused-ring (bicyclic) bond motifs is 9. The Morgan fingerprint density at radius 2 is 0.825 bits per heavy atom. The molecule has 1 aliphatic rings. The zero-order valence-electron chi connectivity index (χ0n) is 35.3. The first-order valence-corrected chi connectivity index (χ1v) is 21.9. The Morgan fingerprint density at radius 3 is 1.49 bits per heavy atom. The first-order valence-electron chi connectivity index (χ1n) is 21.9. The lowest BCUT2D eigenvalue weighted by atomic mass is 9.82. The summed E-state index contributed by atoms with van der Waals surface area (Å²) in [6, 6.07) is 84.6. The van der Waals surface area contributed by atoms with Crippen LogP contribution >= 0.6 is 0 Å². The van der Waals surface area contributed by atoms with E-state index in [1.54, 1.807) is 0 Å². The molecule has 1 aliphatic carbocycles. The van der Waals surface area contributed by atoms with Gasteiger partial charge in [0.25, 0.3) is 0 Å². The molecular weight excluding hydrogens is 761 g/mol. The van der Waals surface area contributed by atoms with Gasteiger partial charge in [0, 0.05) is 44.4 Å². The summed E-state index contributed by atoms with van der Waals surface area (Å²) in [5.41, 5.74) is 20.6. The fourth-order valence-electron chi connectivity index (χ4n) is 10.4. The Kier molecular flexibility index (Phi) is 8.55. The maximum Gasteiger partial charge on any atom is 0.0626 e. The number of hydrogen-bond donors (Lipinski definition) is 0. The standard InChI is InChI=1S/C61H44N2/c1-61(2)54-28-16-14-25-50(54)51-39-38-48(40-55(51)61)62(46-34-30-42(31-35-46)41-18-6-3-7-19-41)47-36-32-45(33-37-47)59-57(43-20-8-4-9-21-43)58(44-22-10-5-11-23-44)60-53-27-13-12-24-49(53)52-26-15-17-29-56(52)63(59)60/h3-40H,1-2H3. The lowest BCUT2D eigenvalue weighted by Gasteiger charge is -2.28. The molecule has 0 radical (unpaired) electrons. The van der Waals surface area contributed by atoms with Crippen molar-refractivity contribution in [2.45, 2.75) is 19.3 Å². The molecule has 0 aliphatic heterocycles. The first-order chi connectivity index (χ1) is 31.0. The normalized spacial score (nSPS) is 12.7. The van der Waals surface area contributed by atoms with E-state index in [1.807, 2.05) is 0 Å². The Morgan fingerprint density at radius 1 is 0.349 bits per heavy atom. The van der Waals surface area contributed by atoms with Crippen LogP contribution in [0.1, 0.15) is 25.0 Å². The number of benzene rings is 9. The Labute approximate surface area is 368 Å². The first kappa shape index (κ1) is 36.9. The van der Waals surface area contributed by atoms with Crippen LogP contribution in [0.5, 0.6) is 0 Å². The molecule has 0 atom stereocenters. The minimum Gasteiger partial charge on any atom is -0.310 e. The molecule has 9 aromatic carbocycles. The summed E-state index contributed by atoms with van der Waals surface area (Å²) >= 11 is 0. The molecule has 2 heterocycles. The van der Waals surface area contributed by atoms with Gasteiger partial charge in [0.15, 0.2) is 0 Å². The van der Waals surface area contributed by atoms with E-state index in [0.29, 0.717) is 0 Å². The van der Waals surface area contributed by atoms with Crippen LogP contribution in [0.4, 0.5) is 17.1 Å². The molecule has 2 nitrogen and oxygen atoms in total. The van der Waals surface area contributed by atoms with Crippen molar-refractivity contribution in [3.8, 4) is 55.8 Å². The SMILES string of the molecule is CC1(C)c2ccccc2-c2ccc(N(c3ccc(-c4ccccc4)cc3)c3ccc(-c4c(-c5ccccc5)c(-c5ccccc5)c5c6ccccc6c6ccccc6n45)cc3)cc21. The van der Waals surface area contributed by atoms with Crippen molar-refractivity contribution in [3.63, 3.8) is 0 Å². The monoisotopic (exact) mass is 804 g/mol. The molecule has 2 heteroatoms. The summed E-state index contributed by atoms with van der Waals surface area (Å²) in [4.78, 5) is 2.42. The number of rotatable bonds is 7. The summed E-state index contributed by atoms with van der Waals surface area (Å²) in [7, 11) is 0. The number of hydrogen-bond acceptors (Lipinski definition) is 1. The number of nitrogens with zero attached hydrogens (tertiary/aromatic N) is 2. The number of para-hydroxylation sites is 1. The molecule has 0 amide bonds. The summed E-state index contributed by atoms with van der Waals surface area (Å²) in [5.74, 6) is 0. The van der Waals surface area contributed by atoms with Crippen LogP contribution in [0.25, 0.3) is 83.0 Å². The molecule has 298 valence electrons. The van der Waals surface area contributed by atoms with Gasteiger partial charge in [-0.3, -0.25) is 0 Å². The van der Waals surface area contributed by atoms with Gasteiger partial charge in [0.1, 0.15) is 0 Å². The molecule has 0 saturated heterocycles. The van der Waals surface area contributed by atoms with Gasteiger partial charge in [-0.1, -0.05) is 202 Å². The van der Waals surface area contributed by atoms with Crippen LogP contribution in [-0.2, 0) is 5.41 Å². The van der Waals surface area contributed by atoms with Crippen molar-refractivity contribution in [3.05, 3.63) is 242 Å². The molecule has 11 aromatic rings. The van der Waals surface area contributed by atoms with E-state index in [1.165, 1.54) is 88.5 Å². The zero-order chi connectivity index (χ0) is 42.1. The molecule has 2 aromatic heterocycles. The largest absolute Gasteiger partial charge is 0.310 e. The molecule has 0 saturated carbocycles. The van der Waals surface area contributed by atoms with E-state index in [2.05, 4.69) is 254 Å². The van der Waals surface area contributed by atoms with Crippen molar-refractivity contribution in [1.29, 1.82) is 0 Å². The van der Waals surface area contributed by atoms with Crippen LogP contribution in [0.15, 0.2) is 231 Å². The smallest absolute Gasteiger partial charge is 0.0626 e. The molecule has 0 unspecified atom stereocenters. The maximum atomic E-state index is 2.54. The minimum absolute atomic E-state index is 0.123. The molecule has 0 spiro atoms. The number of anilines is 3. The summed E-state index contributed by atoms with van der Waals surface area (Å²) in [5, 5.41) is 3.73. The van der Waals surface area contributed by atoms with Gasteiger partial charge in [-0.05, 0) is 97.9 Å². The van der Waals surface area contributed by atoms with Gasteiger partial charge in [-0.25, -0.2) is 0 Å². The van der Waals surface area contributed by atoms with Crippen LogP contribution in [0.2, 0.25) is 0 Å². The highest BCUT2D eigenvalue weighted by Crippen LogP contribution is 2.52. The van der Waals surface area contributed by atoms with Gasteiger partial charge in [0.05, 0.1) is 16.7 Å². The fourth-order valence-corrected chi connectivity index (χ4v) is 10.4. The van der Waals surface area contributed by atoms with Gasteiger partial charge in [0.2, 0.25) is 0 Å². The summed E-state index contributed by atoms with van der Waals surface area (Å²) < 4.78 is 2.54. The minimum atomic E-state index is -0.123. The van der Waals surface area contributed by atoms with Crippen molar-refractivity contribution >= 4 is 44.3 Å². The van der Waals surface area contributed by atoms with Gasteiger partial charge >= 0.3 is 0 Å². The zero-order valence-corrected chi connectivity index (χ0v) is 35.3. The maximum absolute atomic E-state index is 2.54. The quantitative estimate of drug-likeness (QED) is 0.146. The van der Waals surface area contributed by atoms with Crippen LogP contribution in [0.3, 0.4) is 0 Å². The van der Waals surface area contributed by atoms with Crippen molar-refractivity contribution < 1.29 is 0 Å². The molecular formula is C61H44N2. The van der Waals surface area contributed by atoms with E-state index in [-0.39, 0.29) is 5.41 Å². The van der Waals surface area contributed by atoms with Gasteiger partial charge in [-0.15, -0.1) is 0 Å². The topological polar surface area (TPSA) is 7.65 Å². The highest BCUT2D eigenvalue weighted by Gasteiger charge is 2.36. The second-order valence-electron chi connectivity index (χ2n) is 17.3. The summed E-state index contributed by atoms with van der Waals surface area (Å²) in [6.45, 7) is 4.72. The number of aromatic nitrogens is 1. The Bertz CT molecular complexity index is 3490. The van der Waals surface area contributed by atoms with E-state index in [0.717, 1.165) is 22.6 Å². The second-order valence-corrected chi connectivity index (χ2v) is 17.3. The number of pyridine rings is 1. The third kappa shape index (κ3) is 5.86. The predicted molar refractivity (Wildman–Crippen MR) is 266 cm³/mol. The van der Waals surface area contributed by atoms with E-state index in [4.69, 9.17) is 0 Å².